The van der Waals surface area contributed by atoms with E-state index in [4.69, 9.17) is 0 Å². The molecule has 0 aliphatic carbocycles. The molecule has 0 aromatic carbocycles. The molecule has 1 aliphatic heterocycles. The van der Waals surface area contributed by atoms with Crippen LogP contribution in [-0.2, 0) is 13.6 Å². The summed E-state index contributed by atoms with van der Waals surface area (Å²) in [5.41, 5.74) is 2.31. The number of nitrogens with one attached hydrogen (secondary N) is 1. The van der Waals surface area contributed by atoms with E-state index in [1.807, 2.05) is 18.7 Å². The number of hydrogen-bond acceptors (Lipinski definition) is 3. The van der Waals surface area contributed by atoms with Crippen LogP contribution < -0.4 is 5.32 Å². The summed E-state index contributed by atoms with van der Waals surface area (Å²) in [6.45, 7) is 4.04. The van der Waals surface area contributed by atoms with Crippen LogP contribution in [0.15, 0.2) is 4.47 Å². The van der Waals surface area contributed by atoms with Crippen LogP contribution in [0.2, 0.25) is 0 Å². The highest BCUT2D eigenvalue weighted by Crippen LogP contribution is 2.24. The van der Waals surface area contributed by atoms with Crippen LogP contribution in [0, 0.1) is 6.92 Å². The molecular formula is C12H20BrN3S. The highest BCUT2D eigenvalue weighted by molar-refractivity contribution is 9.10. The van der Waals surface area contributed by atoms with E-state index in [2.05, 4.69) is 38.1 Å². The largest absolute Gasteiger partial charge is 0.310 e. The molecule has 0 saturated carbocycles. The zero-order valence-electron chi connectivity index (χ0n) is 10.5. The summed E-state index contributed by atoms with van der Waals surface area (Å²) in [5.74, 6) is 1.33. The minimum atomic E-state index is 0.803. The number of rotatable bonds is 4. The number of halogens is 1. The Balaban J connectivity index is 1.81. The molecule has 0 amide bonds. The van der Waals surface area contributed by atoms with E-state index in [1.165, 1.54) is 30.7 Å². The summed E-state index contributed by atoms with van der Waals surface area (Å²) in [5, 5.41) is 8.76. The van der Waals surface area contributed by atoms with Gasteiger partial charge in [-0.05, 0) is 41.4 Å². The molecule has 5 heteroatoms. The Bertz CT molecular complexity index is 372. The standard InChI is InChI=1S/C12H20BrN3S/c1-9-12(13)11(16(2)15-9)8-14-7-10-5-3-4-6-17-10/h10,14H,3-8H2,1-2H3. The first kappa shape index (κ1) is 13.4. The molecule has 1 atom stereocenters. The van der Waals surface area contributed by atoms with Crippen LogP contribution >= 0.6 is 27.7 Å². The molecule has 1 aromatic rings. The van der Waals surface area contributed by atoms with Crippen molar-refractivity contribution in [2.24, 2.45) is 7.05 Å². The summed E-state index contributed by atoms with van der Waals surface area (Å²) in [4.78, 5) is 0. The van der Waals surface area contributed by atoms with Crippen LogP contribution in [0.4, 0.5) is 0 Å². The van der Waals surface area contributed by atoms with Gasteiger partial charge < -0.3 is 5.32 Å². The van der Waals surface area contributed by atoms with Gasteiger partial charge in [-0.25, -0.2) is 0 Å². The van der Waals surface area contributed by atoms with Gasteiger partial charge in [0.25, 0.3) is 0 Å². The van der Waals surface area contributed by atoms with Crippen molar-refractivity contribution >= 4 is 27.7 Å². The third kappa shape index (κ3) is 3.48. The molecule has 1 aromatic heterocycles. The van der Waals surface area contributed by atoms with Crippen molar-refractivity contribution in [1.29, 1.82) is 0 Å². The lowest BCUT2D eigenvalue weighted by atomic mass is 10.2. The van der Waals surface area contributed by atoms with E-state index in [0.29, 0.717) is 0 Å². The van der Waals surface area contributed by atoms with Crippen molar-refractivity contribution < 1.29 is 0 Å². The molecule has 0 bridgehead atoms. The zero-order chi connectivity index (χ0) is 12.3. The Morgan fingerprint density at radius 2 is 2.35 bits per heavy atom. The average Bonchev–Trinajstić information content (AvgIpc) is 2.57. The summed E-state index contributed by atoms with van der Waals surface area (Å²) in [6.07, 6.45) is 4.16. The fourth-order valence-electron chi connectivity index (χ4n) is 2.19. The Morgan fingerprint density at radius 1 is 1.53 bits per heavy atom. The van der Waals surface area contributed by atoms with E-state index in [1.54, 1.807) is 0 Å². The quantitative estimate of drug-likeness (QED) is 0.926. The van der Waals surface area contributed by atoms with Gasteiger partial charge in [0.2, 0.25) is 0 Å². The van der Waals surface area contributed by atoms with Crippen molar-refractivity contribution in [3.63, 3.8) is 0 Å². The third-order valence-corrected chi connectivity index (χ3v) is 5.63. The first-order valence-electron chi connectivity index (χ1n) is 6.18. The molecule has 96 valence electrons. The Hall–Kier alpha value is -0.000000000000000111. The fourth-order valence-corrected chi connectivity index (χ4v) is 3.94. The summed E-state index contributed by atoms with van der Waals surface area (Å²) in [7, 11) is 2.00. The molecule has 0 radical (unpaired) electrons. The lowest BCUT2D eigenvalue weighted by Gasteiger charge is -2.21. The molecule has 2 rings (SSSR count). The van der Waals surface area contributed by atoms with Crippen LogP contribution in [0.1, 0.15) is 30.7 Å². The van der Waals surface area contributed by atoms with Gasteiger partial charge in [-0.1, -0.05) is 6.42 Å². The highest BCUT2D eigenvalue weighted by Gasteiger charge is 2.14. The normalized spacial score (nSPS) is 20.8. The number of thioether (sulfide) groups is 1. The van der Waals surface area contributed by atoms with E-state index in [9.17, 15) is 0 Å². The monoisotopic (exact) mass is 317 g/mol. The first-order valence-corrected chi connectivity index (χ1v) is 8.03. The number of aryl methyl sites for hydroxylation is 2. The number of nitrogens with zero attached hydrogens (tertiary/aromatic N) is 2. The van der Waals surface area contributed by atoms with Gasteiger partial charge in [0.1, 0.15) is 0 Å². The van der Waals surface area contributed by atoms with Crippen LogP contribution in [0.3, 0.4) is 0 Å². The van der Waals surface area contributed by atoms with Crippen molar-refractivity contribution in [2.75, 3.05) is 12.3 Å². The molecule has 1 aliphatic rings. The summed E-state index contributed by atoms with van der Waals surface area (Å²) >= 11 is 5.71. The minimum Gasteiger partial charge on any atom is -0.310 e. The highest BCUT2D eigenvalue weighted by atomic mass is 79.9. The smallest absolute Gasteiger partial charge is 0.0739 e. The average molecular weight is 318 g/mol. The molecule has 1 N–H and O–H groups in total. The third-order valence-electron chi connectivity index (χ3n) is 3.20. The lowest BCUT2D eigenvalue weighted by Crippen LogP contribution is -2.27. The summed E-state index contributed by atoms with van der Waals surface area (Å²) < 4.78 is 3.10. The lowest BCUT2D eigenvalue weighted by molar-refractivity contribution is 0.576. The van der Waals surface area contributed by atoms with E-state index < -0.39 is 0 Å². The minimum absolute atomic E-state index is 0.803. The van der Waals surface area contributed by atoms with E-state index >= 15 is 0 Å². The maximum atomic E-state index is 4.40. The second-order valence-corrected chi connectivity index (χ2v) is 6.79. The molecule has 1 saturated heterocycles. The Labute approximate surface area is 116 Å². The molecule has 1 unspecified atom stereocenters. The molecule has 17 heavy (non-hydrogen) atoms. The van der Waals surface area contributed by atoms with Crippen molar-refractivity contribution in [2.45, 2.75) is 38.0 Å². The molecule has 3 nitrogen and oxygen atoms in total. The maximum absolute atomic E-state index is 4.40. The van der Waals surface area contributed by atoms with Crippen molar-refractivity contribution in [3.05, 3.63) is 15.9 Å². The van der Waals surface area contributed by atoms with Gasteiger partial charge in [-0.3, -0.25) is 4.68 Å². The van der Waals surface area contributed by atoms with Gasteiger partial charge in [-0.15, -0.1) is 0 Å². The molecule has 0 spiro atoms. The fraction of sp³-hybridized carbons (Fsp3) is 0.750. The van der Waals surface area contributed by atoms with Gasteiger partial charge in [0.05, 0.1) is 15.9 Å². The van der Waals surface area contributed by atoms with E-state index in [-0.39, 0.29) is 0 Å². The summed E-state index contributed by atoms with van der Waals surface area (Å²) in [6, 6.07) is 0. The first-order chi connectivity index (χ1) is 8.18. The zero-order valence-corrected chi connectivity index (χ0v) is 12.9. The molecule has 1 fully saturated rings. The van der Waals surface area contributed by atoms with Crippen LogP contribution in [0.25, 0.3) is 0 Å². The van der Waals surface area contributed by atoms with E-state index in [0.717, 1.165) is 28.5 Å². The number of aromatic nitrogens is 2. The second-order valence-electron chi connectivity index (χ2n) is 4.59. The van der Waals surface area contributed by atoms with Crippen LogP contribution in [-0.4, -0.2) is 27.3 Å². The van der Waals surface area contributed by atoms with Crippen LogP contribution in [0.5, 0.6) is 0 Å². The van der Waals surface area contributed by atoms with Crippen molar-refractivity contribution in [1.82, 2.24) is 15.1 Å². The predicted molar refractivity (Wildman–Crippen MR) is 77.4 cm³/mol. The second kappa shape index (κ2) is 6.25. The predicted octanol–water partition coefficient (Wildman–Crippen LogP) is 2.87. The van der Waals surface area contributed by atoms with Gasteiger partial charge in [0.15, 0.2) is 0 Å². The Kier molecular flexibility index (Phi) is 4.94. The Morgan fingerprint density at radius 3 is 2.94 bits per heavy atom. The van der Waals surface area contributed by atoms with Gasteiger partial charge in [-0.2, -0.15) is 16.9 Å². The van der Waals surface area contributed by atoms with Crippen molar-refractivity contribution in [3.8, 4) is 0 Å². The number of hydrogen-bond donors (Lipinski definition) is 1. The maximum Gasteiger partial charge on any atom is 0.0739 e. The molecule has 2 heterocycles. The van der Waals surface area contributed by atoms with Gasteiger partial charge >= 0.3 is 0 Å². The molecular weight excluding hydrogens is 298 g/mol. The van der Waals surface area contributed by atoms with Gasteiger partial charge in [0, 0.05) is 25.4 Å². The topological polar surface area (TPSA) is 29.9 Å². The SMILES string of the molecule is Cc1nn(C)c(CNCC2CCCCS2)c1Br.